The summed E-state index contributed by atoms with van der Waals surface area (Å²) in [5.74, 6) is -0.848. The third kappa shape index (κ3) is 4.27. The average Bonchev–Trinajstić information content (AvgIpc) is 2.49. The highest BCUT2D eigenvalue weighted by molar-refractivity contribution is 9.10. The molecule has 1 aliphatic heterocycles. The van der Waals surface area contributed by atoms with E-state index in [2.05, 4.69) is 26.6 Å². The Labute approximate surface area is 137 Å². The molecule has 22 heavy (non-hydrogen) atoms. The molecule has 2 amide bonds. The summed E-state index contributed by atoms with van der Waals surface area (Å²) in [7, 11) is 0. The fraction of sp³-hybridized carbons (Fsp3) is 0.467. The maximum Gasteiger partial charge on any atom is 0.252 e. The first-order chi connectivity index (χ1) is 10.5. The van der Waals surface area contributed by atoms with Crippen LogP contribution < -0.4 is 10.6 Å². The molecule has 120 valence electrons. The molecule has 0 bridgehead atoms. The third-order valence-electron chi connectivity index (χ3n) is 3.62. The highest BCUT2D eigenvalue weighted by Crippen LogP contribution is 2.17. The van der Waals surface area contributed by atoms with Crippen LogP contribution in [0.15, 0.2) is 22.7 Å². The number of amides is 2. The van der Waals surface area contributed by atoms with Gasteiger partial charge in [0.2, 0.25) is 5.91 Å². The summed E-state index contributed by atoms with van der Waals surface area (Å²) in [6.07, 6.45) is 0.239. The van der Waals surface area contributed by atoms with Crippen molar-refractivity contribution in [2.24, 2.45) is 0 Å². The minimum absolute atomic E-state index is 0.0209. The van der Waals surface area contributed by atoms with E-state index in [1.807, 2.05) is 11.8 Å². The lowest BCUT2D eigenvalue weighted by molar-refractivity contribution is -0.133. The zero-order valence-electron chi connectivity index (χ0n) is 12.4. The SMILES string of the molecule is C[C@@H]1CNCCN1C(=O)CCNC(=O)c1cc(F)ccc1Br. The predicted octanol–water partition coefficient (Wildman–Crippen LogP) is 1.53. The molecule has 1 heterocycles. The Kier molecular flexibility index (Phi) is 5.90. The van der Waals surface area contributed by atoms with Gasteiger partial charge in [-0.05, 0) is 41.1 Å². The van der Waals surface area contributed by atoms with Crippen molar-refractivity contribution >= 4 is 27.7 Å². The van der Waals surface area contributed by atoms with Crippen LogP contribution in [0.4, 0.5) is 4.39 Å². The monoisotopic (exact) mass is 371 g/mol. The van der Waals surface area contributed by atoms with E-state index in [-0.39, 0.29) is 30.5 Å². The van der Waals surface area contributed by atoms with E-state index >= 15 is 0 Å². The van der Waals surface area contributed by atoms with E-state index in [1.165, 1.54) is 18.2 Å². The summed E-state index contributed by atoms with van der Waals surface area (Å²) < 4.78 is 13.7. The third-order valence-corrected chi connectivity index (χ3v) is 4.31. The van der Waals surface area contributed by atoms with Gasteiger partial charge >= 0.3 is 0 Å². The quantitative estimate of drug-likeness (QED) is 0.843. The molecular weight excluding hydrogens is 353 g/mol. The number of nitrogens with zero attached hydrogens (tertiary/aromatic N) is 1. The maximum atomic E-state index is 13.2. The van der Waals surface area contributed by atoms with Crippen LogP contribution in [0.5, 0.6) is 0 Å². The fourth-order valence-corrected chi connectivity index (χ4v) is 2.83. The van der Waals surface area contributed by atoms with Crippen LogP contribution in [0.25, 0.3) is 0 Å². The lowest BCUT2D eigenvalue weighted by atomic mass is 10.2. The van der Waals surface area contributed by atoms with Crippen LogP contribution >= 0.6 is 15.9 Å². The van der Waals surface area contributed by atoms with Crippen molar-refractivity contribution in [3.8, 4) is 0 Å². The Morgan fingerprint density at radius 1 is 1.50 bits per heavy atom. The van der Waals surface area contributed by atoms with Crippen molar-refractivity contribution < 1.29 is 14.0 Å². The van der Waals surface area contributed by atoms with Crippen molar-refractivity contribution in [1.29, 1.82) is 0 Å². The zero-order chi connectivity index (χ0) is 16.1. The predicted molar refractivity (Wildman–Crippen MR) is 85.1 cm³/mol. The van der Waals surface area contributed by atoms with Gasteiger partial charge in [-0.1, -0.05) is 0 Å². The molecule has 0 saturated carbocycles. The molecule has 0 aromatic heterocycles. The Bertz CT molecular complexity index is 568. The molecule has 1 aliphatic rings. The van der Waals surface area contributed by atoms with Gasteiger partial charge in [-0.25, -0.2) is 4.39 Å². The molecule has 2 N–H and O–H groups in total. The Morgan fingerprint density at radius 3 is 3.00 bits per heavy atom. The van der Waals surface area contributed by atoms with E-state index in [9.17, 15) is 14.0 Å². The Balaban J connectivity index is 1.84. The van der Waals surface area contributed by atoms with E-state index in [0.717, 1.165) is 13.1 Å². The summed E-state index contributed by atoms with van der Waals surface area (Å²) >= 11 is 3.21. The molecule has 0 aliphatic carbocycles. The first kappa shape index (κ1) is 16.9. The van der Waals surface area contributed by atoms with E-state index in [1.54, 1.807) is 0 Å². The standard InChI is InChI=1S/C15H19BrFN3O2/c1-10-9-18-6-7-20(10)14(21)4-5-19-15(22)12-8-11(17)2-3-13(12)16/h2-3,8,10,18H,4-7,9H2,1H3,(H,19,22)/t10-/m1/s1. The van der Waals surface area contributed by atoms with E-state index in [4.69, 9.17) is 0 Å². The number of rotatable bonds is 4. The molecule has 0 radical (unpaired) electrons. The molecule has 5 nitrogen and oxygen atoms in total. The van der Waals surface area contributed by atoms with Crippen molar-refractivity contribution in [1.82, 2.24) is 15.5 Å². The Morgan fingerprint density at radius 2 is 2.27 bits per heavy atom. The molecule has 1 fully saturated rings. The highest BCUT2D eigenvalue weighted by atomic mass is 79.9. The van der Waals surface area contributed by atoms with Crippen LogP contribution in [0.3, 0.4) is 0 Å². The molecule has 0 spiro atoms. The lowest BCUT2D eigenvalue weighted by Gasteiger charge is -2.34. The molecular formula is C15H19BrFN3O2. The molecule has 2 rings (SSSR count). The van der Waals surface area contributed by atoms with Gasteiger partial charge in [0.1, 0.15) is 5.82 Å². The van der Waals surface area contributed by atoms with Crippen molar-refractivity contribution in [2.75, 3.05) is 26.2 Å². The van der Waals surface area contributed by atoms with Gasteiger partial charge in [0, 0.05) is 43.1 Å². The van der Waals surface area contributed by atoms with Crippen LogP contribution in [0, 0.1) is 5.82 Å². The van der Waals surface area contributed by atoms with Gasteiger partial charge in [0.25, 0.3) is 5.91 Å². The number of benzene rings is 1. The largest absolute Gasteiger partial charge is 0.351 e. The minimum Gasteiger partial charge on any atom is -0.351 e. The van der Waals surface area contributed by atoms with Gasteiger partial charge in [0.05, 0.1) is 5.56 Å². The molecule has 1 aromatic carbocycles. The van der Waals surface area contributed by atoms with Crippen LogP contribution in [0.2, 0.25) is 0 Å². The first-order valence-corrected chi connectivity index (χ1v) is 8.02. The van der Waals surface area contributed by atoms with Gasteiger partial charge in [-0.3, -0.25) is 9.59 Å². The van der Waals surface area contributed by atoms with Crippen LogP contribution in [-0.2, 0) is 4.79 Å². The summed E-state index contributed by atoms with van der Waals surface area (Å²) in [5.41, 5.74) is 0.225. The zero-order valence-corrected chi connectivity index (χ0v) is 14.0. The molecule has 7 heteroatoms. The number of halogens is 2. The van der Waals surface area contributed by atoms with Crippen molar-refractivity contribution in [3.05, 3.63) is 34.1 Å². The summed E-state index contributed by atoms with van der Waals surface area (Å²) in [4.78, 5) is 25.9. The van der Waals surface area contributed by atoms with Gasteiger partial charge in [0.15, 0.2) is 0 Å². The highest BCUT2D eigenvalue weighted by Gasteiger charge is 2.22. The maximum absolute atomic E-state index is 13.2. The summed E-state index contributed by atoms with van der Waals surface area (Å²) in [6.45, 7) is 4.49. The van der Waals surface area contributed by atoms with E-state index < -0.39 is 11.7 Å². The Hall–Kier alpha value is -1.47. The fourth-order valence-electron chi connectivity index (χ4n) is 2.40. The normalized spacial score (nSPS) is 18.1. The molecule has 0 unspecified atom stereocenters. The summed E-state index contributed by atoms with van der Waals surface area (Å²) in [5, 5.41) is 5.88. The number of nitrogens with one attached hydrogen (secondary N) is 2. The van der Waals surface area contributed by atoms with Crippen molar-refractivity contribution in [3.63, 3.8) is 0 Å². The van der Waals surface area contributed by atoms with Gasteiger partial charge in [-0.2, -0.15) is 0 Å². The van der Waals surface area contributed by atoms with Gasteiger partial charge < -0.3 is 15.5 Å². The average molecular weight is 372 g/mol. The molecule has 1 saturated heterocycles. The minimum atomic E-state index is -0.473. The lowest BCUT2D eigenvalue weighted by Crippen LogP contribution is -2.52. The number of hydrogen-bond donors (Lipinski definition) is 2. The van der Waals surface area contributed by atoms with Crippen LogP contribution in [-0.4, -0.2) is 48.9 Å². The van der Waals surface area contributed by atoms with E-state index in [0.29, 0.717) is 11.0 Å². The number of carbonyl (C=O) groups is 2. The topological polar surface area (TPSA) is 61.4 Å². The summed E-state index contributed by atoms with van der Waals surface area (Å²) in [6, 6.07) is 4.09. The number of piperazine rings is 1. The second-order valence-electron chi connectivity index (χ2n) is 5.27. The number of carbonyl (C=O) groups excluding carboxylic acids is 2. The smallest absolute Gasteiger partial charge is 0.252 e. The molecule has 1 aromatic rings. The molecule has 1 atom stereocenters. The second kappa shape index (κ2) is 7.69. The van der Waals surface area contributed by atoms with Crippen molar-refractivity contribution in [2.45, 2.75) is 19.4 Å². The van der Waals surface area contributed by atoms with Crippen LogP contribution in [0.1, 0.15) is 23.7 Å². The van der Waals surface area contributed by atoms with Gasteiger partial charge in [-0.15, -0.1) is 0 Å². The first-order valence-electron chi connectivity index (χ1n) is 7.22. The number of hydrogen-bond acceptors (Lipinski definition) is 3. The second-order valence-corrected chi connectivity index (χ2v) is 6.12.